The molecule has 0 bridgehead atoms. The highest BCUT2D eigenvalue weighted by Gasteiger charge is 2.23. The van der Waals surface area contributed by atoms with Gasteiger partial charge in [0.05, 0.1) is 5.69 Å². The van der Waals surface area contributed by atoms with Gasteiger partial charge in [-0.25, -0.2) is 0 Å². The maximum Gasteiger partial charge on any atom is 0.130 e. The molecule has 1 aromatic rings. The molecule has 1 saturated carbocycles. The number of hydrogen-bond donors (Lipinski definition) is 1. The summed E-state index contributed by atoms with van der Waals surface area (Å²) < 4.78 is 1.77. The van der Waals surface area contributed by atoms with Gasteiger partial charge >= 0.3 is 0 Å². The third-order valence-electron chi connectivity index (χ3n) is 4.07. The van der Waals surface area contributed by atoms with Crippen LogP contribution in [0.3, 0.4) is 0 Å². The second-order valence-electron chi connectivity index (χ2n) is 5.82. The van der Waals surface area contributed by atoms with Crippen LogP contribution in [0.25, 0.3) is 0 Å². The second-order valence-corrected chi connectivity index (χ2v) is 6.18. The molecule has 3 nitrogen and oxygen atoms in total. The van der Waals surface area contributed by atoms with Crippen molar-refractivity contribution in [3.63, 3.8) is 0 Å². The Morgan fingerprint density at radius 1 is 1.39 bits per heavy atom. The van der Waals surface area contributed by atoms with Gasteiger partial charge in [0.2, 0.25) is 0 Å². The Labute approximate surface area is 115 Å². The predicted molar refractivity (Wildman–Crippen MR) is 76.0 cm³/mol. The first kappa shape index (κ1) is 13.9. The molecule has 1 heterocycles. The molecular formula is C14H24ClN3. The Morgan fingerprint density at radius 2 is 2.06 bits per heavy atom. The van der Waals surface area contributed by atoms with Crippen LogP contribution in [0.1, 0.15) is 37.9 Å². The van der Waals surface area contributed by atoms with Gasteiger partial charge in [0.25, 0.3) is 0 Å². The average molecular weight is 270 g/mol. The SMILES string of the molecule is Cc1nn(C)c(Cl)c1CC(C)C(C)CNC1CC1. The first-order valence-corrected chi connectivity index (χ1v) is 7.28. The van der Waals surface area contributed by atoms with Gasteiger partial charge < -0.3 is 5.32 Å². The van der Waals surface area contributed by atoms with Crippen LogP contribution in [0.15, 0.2) is 0 Å². The molecule has 2 unspecified atom stereocenters. The fraction of sp³-hybridized carbons (Fsp3) is 0.786. The zero-order valence-electron chi connectivity index (χ0n) is 11.8. The van der Waals surface area contributed by atoms with E-state index in [0.717, 1.165) is 29.9 Å². The molecule has 18 heavy (non-hydrogen) atoms. The van der Waals surface area contributed by atoms with Crippen LogP contribution >= 0.6 is 11.6 Å². The van der Waals surface area contributed by atoms with Gasteiger partial charge in [0.15, 0.2) is 0 Å². The highest BCUT2D eigenvalue weighted by Crippen LogP contribution is 2.26. The first-order chi connectivity index (χ1) is 8.49. The molecule has 1 aliphatic rings. The normalized spacial score (nSPS) is 18.9. The maximum absolute atomic E-state index is 6.29. The molecule has 1 fully saturated rings. The summed E-state index contributed by atoms with van der Waals surface area (Å²) in [6, 6.07) is 0.795. The van der Waals surface area contributed by atoms with Gasteiger partial charge in [0, 0.05) is 18.7 Å². The summed E-state index contributed by atoms with van der Waals surface area (Å²) >= 11 is 6.29. The summed E-state index contributed by atoms with van der Waals surface area (Å²) in [7, 11) is 1.90. The first-order valence-electron chi connectivity index (χ1n) is 6.90. The lowest BCUT2D eigenvalue weighted by atomic mass is 9.90. The van der Waals surface area contributed by atoms with Gasteiger partial charge in [0.1, 0.15) is 5.15 Å². The fourth-order valence-electron chi connectivity index (χ4n) is 2.27. The molecule has 2 atom stereocenters. The van der Waals surface area contributed by atoms with E-state index in [0.29, 0.717) is 11.8 Å². The highest BCUT2D eigenvalue weighted by atomic mass is 35.5. The molecule has 1 N–H and O–H groups in total. The monoisotopic (exact) mass is 269 g/mol. The summed E-state index contributed by atoms with van der Waals surface area (Å²) in [4.78, 5) is 0. The van der Waals surface area contributed by atoms with Crippen molar-refractivity contribution >= 4 is 11.6 Å². The Bertz CT molecular complexity index is 409. The topological polar surface area (TPSA) is 29.9 Å². The van der Waals surface area contributed by atoms with E-state index in [2.05, 4.69) is 24.3 Å². The van der Waals surface area contributed by atoms with Gasteiger partial charge in [-0.1, -0.05) is 25.4 Å². The third kappa shape index (κ3) is 3.27. The van der Waals surface area contributed by atoms with Crippen LogP contribution in [0.4, 0.5) is 0 Å². The van der Waals surface area contributed by atoms with E-state index in [1.165, 1.54) is 18.4 Å². The Kier molecular flexibility index (Phi) is 4.33. The zero-order valence-corrected chi connectivity index (χ0v) is 12.6. The molecule has 4 heteroatoms. The van der Waals surface area contributed by atoms with Gasteiger partial charge in [-0.05, 0) is 44.6 Å². The largest absolute Gasteiger partial charge is 0.314 e. The lowest BCUT2D eigenvalue weighted by Crippen LogP contribution is -2.27. The lowest BCUT2D eigenvalue weighted by Gasteiger charge is -2.20. The predicted octanol–water partition coefficient (Wildman–Crippen LogP) is 2.95. The summed E-state index contributed by atoms with van der Waals surface area (Å²) in [5.74, 6) is 1.29. The van der Waals surface area contributed by atoms with Crippen molar-refractivity contribution in [2.75, 3.05) is 6.54 Å². The van der Waals surface area contributed by atoms with Crippen molar-refractivity contribution in [1.29, 1.82) is 0 Å². The number of rotatable bonds is 6. The molecular weight excluding hydrogens is 246 g/mol. The molecule has 0 aromatic carbocycles. The number of halogens is 1. The summed E-state index contributed by atoms with van der Waals surface area (Å²) in [6.07, 6.45) is 3.73. The zero-order chi connectivity index (χ0) is 13.3. The molecule has 0 radical (unpaired) electrons. The van der Waals surface area contributed by atoms with Crippen LogP contribution in [-0.2, 0) is 13.5 Å². The lowest BCUT2D eigenvalue weighted by molar-refractivity contribution is 0.363. The second kappa shape index (κ2) is 5.62. The van der Waals surface area contributed by atoms with Crippen LogP contribution in [-0.4, -0.2) is 22.4 Å². The minimum atomic E-state index is 0.622. The molecule has 102 valence electrons. The minimum absolute atomic E-state index is 0.622. The van der Waals surface area contributed by atoms with Crippen molar-refractivity contribution in [3.05, 3.63) is 16.4 Å². The molecule has 0 saturated heterocycles. The van der Waals surface area contributed by atoms with E-state index in [9.17, 15) is 0 Å². The average Bonchev–Trinajstić information content (AvgIpc) is 3.11. The highest BCUT2D eigenvalue weighted by molar-refractivity contribution is 6.30. The van der Waals surface area contributed by atoms with Crippen LogP contribution < -0.4 is 5.32 Å². The Hall–Kier alpha value is -0.540. The van der Waals surface area contributed by atoms with Gasteiger partial charge in [-0.3, -0.25) is 4.68 Å². The number of aryl methyl sites for hydroxylation is 2. The van der Waals surface area contributed by atoms with Crippen LogP contribution in [0, 0.1) is 18.8 Å². The maximum atomic E-state index is 6.29. The van der Waals surface area contributed by atoms with Gasteiger partial charge in [-0.15, -0.1) is 0 Å². The van der Waals surface area contributed by atoms with E-state index < -0.39 is 0 Å². The Morgan fingerprint density at radius 3 is 2.56 bits per heavy atom. The van der Waals surface area contributed by atoms with Crippen LogP contribution in [0.2, 0.25) is 5.15 Å². The Balaban J connectivity index is 1.90. The molecule has 0 spiro atoms. The van der Waals surface area contributed by atoms with E-state index in [1.807, 2.05) is 14.0 Å². The van der Waals surface area contributed by atoms with E-state index in [1.54, 1.807) is 4.68 Å². The van der Waals surface area contributed by atoms with E-state index in [-0.39, 0.29) is 0 Å². The number of nitrogens with one attached hydrogen (secondary N) is 1. The molecule has 1 aliphatic carbocycles. The van der Waals surface area contributed by atoms with Crippen molar-refractivity contribution in [1.82, 2.24) is 15.1 Å². The number of hydrogen-bond acceptors (Lipinski definition) is 2. The number of nitrogens with zero attached hydrogens (tertiary/aromatic N) is 2. The van der Waals surface area contributed by atoms with Crippen molar-refractivity contribution in [2.45, 2.75) is 46.1 Å². The smallest absolute Gasteiger partial charge is 0.130 e. The number of aromatic nitrogens is 2. The summed E-state index contributed by atoms with van der Waals surface area (Å²) in [5, 5.41) is 8.77. The minimum Gasteiger partial charge on any atom is -0.314 e. The standard InChI is InChI=1S/C14H24ClN3/c1-9(10(2)8-16-12-5-6-12)7-13-11(3)17-18(4)14(13)15/h9-10,12,16H,5-8H2,1-4H3. The third-order valence-corrected chi connectivity index (χ3v) is 4.55. The van der Waals surface area contributed by atoms with Crippen LogP contribution in [0.5, 0.6) is 0 Å². The van der Waals surface area contributed by atoms with Crippen molar-refractivity contribution in [3.8, 4) is 0 Å². The molecule has 2 rings (SSSR count). The van der Waals surface area contributed by atoms with E-state index in [4.69, 9.17) is 11.6 Å². The van der Waals surface area contributed by atoms with E-state index >= 15 is 0 Å². The molecule has 0 aliphatic heterocycles. The van der Waals surface area contributed by atoms with Crippen molar-refractivity contribution in [2.24, 2.45) is 18.9 Å². The quantitative estimate of drug-likeness (QED) is 0.861. The molecule has 1 aromatic heterocycles. The molecule has 0 amide bonds. The van der Waals surface area contributed by atoms with Crippen molar-refractivity contribution < 1.29 is 0 Å². The summed E-state index contributed by atoms with van der Waals surface area (Å²) in [6.45, 7) is 7.78. The summed E-state index contributed by atoms with van der Waals surface area (Å²) in [5.41, 5.74) is 2.28. The fourth-order valence-corrected chi connectivity index (χ4v) is 2.52. The van der Waals surface area contributed by atoms with Gasteiger partial charge in [-0.2, -0.15) is 5.10 Å².